The van der Waals surface area contributed by atoms with Crippen molar-refractivity contribution in [2.45, 2.75) is 31.4 Å². The fourth-order valence-electron chi connectivity index (χ4n) is 3.92. The molecule has 2 saturated heterocycles. The lowest BCUT2D eigenvalue weighted by atomic mass is 9.92. The summed E-state index contributed by atoms with van der Waals surface area (Å²) in [5, 5.41) is 3.59. The number of piperidine rings is 1. The summed E-state index contributed by atoms with van der Waals surface area (Å²) in [5.74, 6) is -1.72. The number of carbonyl (C=O) groups is 2. The van der Waals surface area contributed by atoms with E-state index in [0.717, 1.165) is 4.52 Å². The van der Waals surface area contributed by atoms with E-state index in [2.05, 4.69) is 15.1 Å². The summed E-state index contributed by atoms with van der Waals surface area (Å²) >= 11 is 0. The predicted molar refractivity (Wildman–Crippen MR) is 90.1 cm³/mol. The molecule has 0 saturated carbocycles. The molecule has 2 aromatic rings. The average Bonchev–Trinajstić information content (AvgIpc) is 3.25. The first kappa shape index (κ1) is 18.6. The quantitative estimate of drug-likeness (QED) is 0.765. The Kier molecular flexibility index (Phi) is 4.47. The smallest absolute Gasteiger partial charge is 0.345 e. The van der Waals surface area contributed by atoms with Crippen LogP contribution < -0.4 is 0 Å². The molecule has 28 heavy (non-hydrogen) atoms. The van der Waals surface area contributed by atoms with E-state index in [1.54, 1.807) is 22.9 Å². The topological polar surface area (TPSA) is 83.7 Å². The summed E-state index contributed by atoms with van der Waals surface area (Å²) in [5.41, 5.74) is 0.607. The van der Waals surface area contributed by atoms with Gasteiger partial charge in [-0.2, -0.15) is 18.2 Å². The summed E-state index contributed by atoms with van der Waals surface area (Å²) in [6.45, 7) is 1.41. The van der Waals surface area contributed by atoms with Crippen LogP contribution in [-0.4, -0.2) is 67.9 Å². The third-order valence-electron chi connectivity index (χ3n) is 5.44. The molecule has 2 aliphatic rings. The maximum Gasteiger partial charge on any atom is 0.453 e. The van der Waals surface area contributed by atoms with Gasteiger partial charge in [0, 0.05) is 45.2 Å². The van der Waals surface area contributed by atoms with E-state index in [0.29, 0.717) is 38.2 Å². The monoisotopic (exact) mass is 396 g/mol. The van der Waals surface area contributed by atoms with E-state index in [1.165, 1.54) is 6.20 Å². The van der Waals surface area contributed by atoms with Gasteiger partial charge in [-0.25, -0.2) is 9.50 Å². The van der Waals surface area contributed by atoms with Gasteiger partial charge >= 0.3 is 6.18 Å². The van der Waals surface area contributed by atoms with Gasteiger partial charge in [-0.1, -0.05) is 0 Å². The van der Waals surface area contributed by atoms with Crippen LogP contribution in [0.4, 0.5) is 13.2 Å². The van der Waals surface area contributed by atoms with E-state index >= 15 is 0 Å². The zero-order valence-electron chi connectivity index (χ0n) is 15.2. The molecule has 0 spiro atoms. The van der Waals surface area contributed by atoms with Crippen molar-refractivity contribution in [1.29, 1.82) is 0 Å². The van der Waals surface area contributed by atoms with Crippen LogP contribution in [0.5, 0.6) is 0 Å². The highest BCUT2D eigenvalue weighted by Gasteiger charge is 2.38. The van der Waals surface area contributed by atoms with Crippen LogP contribution in [0, 0.1) is 5.92 Å². The van der Waals surface area contributed by atoms with Gasteiger partial charge in [-0.15, -0.1) is 5.10 Å². The van der Waals surface area contributed by atoms with Crippen LogP contribution in [0.1, 0.15) is 36.7 Å². The zero-order valence-corrected chi connectivity index (χ0v) is 15.2. The second-order valence-electron chi connectivity index (χ2n) is 7.29. The van der Waals surface area contributed by atoms with Crippen LogP contribution in [0.2, 0.25) is 0 Å². The van der Waals surface area contributed by atoms with Gasteiger partial charge in [-0.05, 0) is 18.9 Å². The highest BCUT2D eigenvalue weighted by atomic mass is 19.4. The van der Waals surface area contributed by atoms with E-state index < -0.39 is 12.0 Å². The van der Waals surface area contributed by atoms with Crippen LogP contribution in [0.15, 0.2) is 12.3 Å². The van der Waals surface area contributed by atoms with E-state index in [4.69, 9.17) is 0 Å². The zero-order chi connectivity index (χ0) is 20.1. The molecule has 11 heteroatoms. The fraction of sp³-hybridized carbons (Fsp3) is 0.588. The molecule has 2 amide bonds. The molecule has 0 aliphatic carbocycles. The maximum atomic E-state index is 12.9. The Morgan fingerprint density at radius 3 is 2.57 bits per heavy atom. The molecule has 0 unspecified atom stereocenters. The fourth-order valence-corrected chi connectivity index (χ4v) is 3.92. The van der Waals surface area contributed by atoms with Crippen molar-refractivity contribution in [3.63, 3.8) is 0 Å². The number of hydrogen-bond acceptors (Lipinski definition) is 5. The third-order valence-corrected chi connectivity index (χ3v) is 5.44. The second kappa shape index (κ2) is 6.71. The number of likely N-dealkylation sites (tertiary alicyclic amines) is 2. The molecular formula is C17H19F3N6O2. The van der Waals surface area contributed by atoms with Crippen molar-refractivity contribution in [2.24, 2.45) is 5.92 Å². The van der Waals surface area contributed by atoms with Crippen LogP contribution in [-0.2, 0) is 15.8 Å². The highest BCUT2D eigenvalue weighted by molar-refractivity contribution is 5.89. The van der Waals surface area contributed by atoms with Gasteiger partial charge in [-0.3, -0.25) is 9.59 Å². The average molecular weight is 396 g/mol. The number of halogens is 3. The minimum atomic E-state index is -4.63. The molecule has 2 fully saturated rings. The molecule has 0 bridgehead atoms. The summed E-state index contributed by atoms with van der Waals surface area (Å²) in [7, 11) is 1.68. The Labute approximate surface area is 158 Å². The molecule has 0 N–H and O–H groups in total. The van der Waals surface area contributed by atoms with Gasteiger partial charge in [0.25, 0.3) is 11.6 Å². The molecule has 4 heterocycles. The summed E-state index contributed by atoms with van der Waals surface area (Å²) in [4.78, 5) is 34.9. The van der Waals surface area contributed by atoms with Crippen molar-refractivity contribution >= 4 is 17.6 Å². The predicted octanol–water partition coefficient (Wildman–Crippen LogP) is 1.33. The summed E-state index contributed by atoms with van der Waals surface area (Å²) in [6.07, 6.45) is -1.77. The Hall–Kier alpha value is -2.72. The maximum absolute atomic E-state index is 12.9. The first-order chi connectivity index (χ1) is 13.2. The van der Waals surface area contributed by atoms with E-state index in [1.807, 2.05) is 0 Å². The molecule has 1 atom stereocenters. The molecule has 150 valence electrons. The largest absolute Gasteiger partial charge is 0.453 e. The van der Waals surface area contributed by atoms with Crippen molar-refractivity contribution < 1.29 is 22.8 Å². The number of aromatic nitrogens is 4. The number of alkyl halides is 3. The van der Waals surface area contributed by atoms with Gasteiger partial charge < -0.3 is 9.80 Å². The molecule has 4 rings (SSSR count). The molecule has 2 aromatic heterocycles. The minimum Gasteiger partial charge on any atom is -0.345 e. The van der Waals surface area contributed by atoms with E-state index in [9.17, 15) is 22.8 Å². The Balaban J connectivity index is 1.47. The molecule has 8 nitrogen and oxygen atoms in total. The van der Waals surface area contributed by atoms with Gasteiger partial charge in [0.2, 0.25) is 11.8 Å². The molecule has 2 aliphatic heterocycles. The van der Waals surface area contributed by atoms with Crippen molar-refractivity contribution in [3.8, 4) is 0 Å². The Morgan fingerprint density at radius 1 is 1.25 bits per heavy atom. The summed E-state index contributed by atoms with van der Waals surface area (Å²) in [6, 6.07) is 1.65. The normalized spacial score (nSPS) is 21.7. The number of rotatable bonds is 2. The standard InChI is InChI=1S/C17H19F3N6O2/c1-24-9-11(8-13(24)27)14(28)25-6-3-10(4-7-25)12-2-5-21-16-22-15(17(18,19)20)23-26(12)16/h2,5,10-11H,3-4,6-9H2,1H3/t11-/m1/s1. The molecule has 0 aromatic carbocycles. The first-order valence-electron chi connectivity index (χ1n) is 9.05. The Morgan fingerprint density at radius 2 is 1.96 bits per heavy atom. The van der Waals surface area contributed by atoms with Gasteiger partial charge in [0.1, 0.15) is 0 Å². The van der Waals surface area contributed by atoms with Crippen molar-refractivity contribution in [3.05, 3.63) is 23.8 Å². The van der Waals surface area contributed by atoms with Gasteiger partial charge in [0.15, 0.2) is 0 Å². The molecular weight excluding hydrogens is 377 g/mol. The number of hydrogen-bond donors (Lipinski definition) is 0. The van der Waals surface area contributed by atoms with Crippen LogP contribution in [0.25, 0.3) is 5.78 Å². The van der Waals surface area contributed by atoms with Crippen molar-refractivity contribution in [2.75, 3.05) is 26.7 Å². The number of fused-ring (bicyclic) bond motifs is 1. The lowest BCUT2D eigenvalue weighted by Crippen LogP contribution is -2.42. The third kappa shape index (κ3) is 3.29. The Bertz CT molecular complexity index is 919. The number of nitrogens with zero attached hydrogens (tertiary/aromatic N) is 6. The van der Waals surface area contributed by atoms with E-state index in [-0.39, 0.29) is 35.8 Å². The SMILES string of the molecule is CN1C[C@H](C(=O)N2CCC(c3ccnc4nc(C(F)(F)F)nn34)CC2)CC1=O. The lowest BCUT2D eigenvalue weighted by Gasteiger charge is -2.33. The summed E-state index contributed by atoms with van der Waals surface area (Å²) < 4.78 is 39.9. The second-order valence-corrected chi connectivity index (χ2v) is 7.29. The lowest BCUT2D eigenvalue weighted by molar-refractivity contribution is -0.144. The van der Waals surface area contributed by atoms with Crippen molar-refractivity contribution in [1.82, 2.24) is 29.4 Å². The van der Waals surface area contributed by atoms with Gasteiger partial charge in [0.05, 0.1) is 11.6 Å². The van der Waals surface area contributed by atoms with Crippen LogP contribution >= 0.6 is 0 Å². The molecule has 0 radical (unpaired) electrons. The minimum absolute atomic E-state index is 0.0286. The number of carbonyl (C=O) groups excluding carboxylic acids is 2. The highest BCUT2D eigenvalue weighted by Crippen LogP contribution is 2.31. The van der Waals surface area contributed by atoms with Crippen LogP contribution in [0.3, 0.4) is 0 Å². The number of amides is 2. The first-order valence-corrected chi connectivity index (χ1v) is 9.05.